The van der Waals surface area contributed by atoms with Crippen molar-refractivity contribution in [2.75, 3.05) is 13.2 Å². The summed E-state index contributed by atoms with van der Waals surface area (Å²) in [5, 5.41) is 58.3. The van der Waals surface area contributed by atoms with Crippen LogP contribution < -0.4 is 59.7 Å². The van der Waals surface area contributed by atoms with E-state index in [1.165, 1.54) is 13.8 Å². The lowest BCUT2D eigenvalue weighted by Gasteiger charge is -2.28. The zero-order valence-corrected chi connectivity index (χ0v) is 39.7. The largest absolute Gasteiger partial charge is 0.481 e. The first-order chi connectivity index (χ1) is 31.0. The number of rotatable bonds is 31. The fourth-order valence-corrected chi connectivity index (χ4v) is 6.17. The molecule has 0 aromatic heterocycles. The summed E-state index contributed by atoms with van der Waals surface area (Å²) in [7, 11) is 0. The second kappa shape index (κ2) is 30.2. The molecule has 67 heavy (non-hydrogen) atoms. The Morgan fingerprint density at radius 2 is 0.896 bits per heavy atom. The predicted octanol–water partition coefficient (Wildman–Crippen LogP) is -4.64. The smallest absolute Gasteiger partial charge is 0.326 e. The van der Waals surface area contributed by atoms with Crippen molar-refractivity contribution in [2.24, 2.45) is 39.9 Å². The quantitative estimate of drug-likeness (QED) is 0.0176. The Labute approximate surface area is 389 Å². The molecule has 0 aliphatic carbocycles. The van der Waals surface area contributed by atoms with Gasteiger partial charge >= 0.3 is 11.9 Å². The van der Waals surface area contributed by atoms with E-state index in [-0.39, 0.29) is 62.4 Å². The van der Waals surface area contributed by atoms with Crippen molar-refractivity contribution in [1.29, 1.82) is 0 Å². The number of carboxylic acids is 2. The third-order valence-electron chi connectivity index (χ3n) is 9.69. The van der Waals surface area contributed by atoms with Crippen LogP contribution in [0.3, 0.4) is 0 Å². The molecule has 10 atom stereocenters. The second-order valence-corrected chi connectivity index (χ2v) is 17.6. The molecule has 0 saturated heterocycles. The summed E-state index contributed by atoms with van der Waals surface area (Å²) in [5.74, 6) is -10.8. The number of aliphatic hydroxyl groups is 2. The van der Waals surface area contributed by atoms with Gasteiger partial charge in [-0.3, -0.25) is 48.1 Å². The van der Waals surface area contributed by atoms with E-state index in [4.69, 9.17) is 22.3 Å². The van der Waals surface area contributed by atoms with Crippen LogP contribution in [-0.2, 0) is 47.9 Å². The number of aliphatic hydroxyl groups excluding tert-OH is 2. The molecule has 382 valence electrons. The summed E-state index contributed by atoms with van der Waals surface area (Å²) >= 11 is 0. The monoisotopic (exact) mass is 959 g/mol. The lowest BCUT2D eigenvalue weighted by molar-refractivity contribution is -0.142. The van der Waals surface area contributed by atoms with Crippen LogP contribution in [0.25, 0.3) is 0 Å². The number of hydrogen-bond acceptors (Lipinski definition) is 14. The predicted molar refractivity (Wildman–Crippen MR) is 242 cm³/mol. The van der Waals surface area contributed by atoms with E-state index in [0.717, 1.165) is 6.92 Å². The van der Waals surface area contributed by atoms with E-state index in [2.05, 4.69) is 47.5 Å². The average molecular weight is 959 g/mol. The molecular weight excluding hydrogens is 885 g/mol. The van der Waals surface area contributed by atoms with E-state index >= 15 is 0 Å². The van der Waals surface area contributed by atoms with Gasteiger partial charge in [0.2, 0.25) is 47.3 Å². The highest BCUT2D eigenvalue weighted by Gasteiger charge is 2.35. The molecule has 0 heterocycles. The number of guanidine groups is 1. The number of aliphatic imine (C=N–C) groups is 1. The Kier molecular flexibility index (Phi) is 27.4. The van der Waals surface area contributed by atoms with Gasteiger partial charge in [-0.1, -0.05) is 41.5 Å². The average Bonchev–Trinajstić information content (AvgIpc) is 3.20. The summed E-state index contributed by atoms with van der Waals surface area (Å²) in [5.41, 5.74) is 16.3. The molecule has 0 radical (unpaired) electrons. The number of nitrogens with two attached hydrogens (primary N) is 3. The fourth-order valence-electron chi connectivity index (χ4n) is 6.17. The summed E-state index contributed by atoms with van der Waals surface area (Å²) < 4.78 is 0. The summed E-state index contributed by atoms with van der Waals surface area (Å²) in [6.07, 6.45) is -2.19. The molecule has 0 saturated carbocycles. The number of amides is 8. The van der Waals surface area contributed by atoms with Crippen molar-refractivity contribution in [3.05, 3.63) is 0 Å². The molecule has 0 rings (SSSR count). The minimum Gasteiger partial charge on any atom is -0.481 e. The Hall–Kier alpha value is -6.15. The van der Waals surface area contributed by atoms with Gasteiger partial charge in [-0.2, -0.15) is 0 Å². The van der Waals surface area contributed by atoms with Crippen LogP contribution in [0.15, 0.2) is 4.99 Å². The van der Waals surface area contributed by atoms with E-state index in [1.807, 2.05) is 0 Å². The van der Waals surface area contributed by atoms with E-state index in [1.54, 1.807) is 41.5 Å². The maximum absolute atomic E-state index is 13.6. The molecule has 0 aliphatic rings. The van der Waals surface area contributed by atoms with Crippen molar-refractivity contribution in [3.63, 3.8) is 0 Å². The molecule has 0 spiro atoms. The van der Waals surface area contributed by atoms with Gasteiger partial charge < -0.3 is 80.2 Å². The molecule has 0 aromatic rings. The molecule has 0 bridgehead atoms. The molecular formula is C41H74N12O14. The minimum atomic E-state index is -1.74. The van der Waals surface area contributed by atoms with Crippen LogP contribution in [0.4, 0.5) is 0 Å². The number of nitrogens with one attached hydrogen (secondary N) is 8. The molecule has 26 heteroatoms. The molecule has 18 N–H and O–H groups in total. The Balaban J connectivity index is 6.02. The van der Waals surface area contributed by atoms with E-state index < -0.39 is 133 Å². The molecule has 0 aliphatic heterocycles. The fraction of sp³-hybridized carbons (Fsp3) is 0.732. The zero-order valence-electron chi connectivity index (χ0n) is 39.7. The standard InChI is InChI=1S/C41H74N12O14/c1-18(2)13-26(36(62)46-22(8)33(59)51-28(40(66)67)15-20(5)6)49-32(58)21(7)47-38(64)29(17-54)52-37(63)27(14-19(3)4)50-39(65)31(23(9)55)53-35(61)25(11-10-12-45-41(43)44)48-34(60)24(42)16-30(56)57/h18-29,31,54-55H,10-17,42H2,1-9H3,(H,46,62)(H,47,64)(H,48,60)(H,49,58)(H,50,65)(H,51,59)(H,52,63)(H,53,61)(H,56,57)(H,66,67)(H4,43,44,45)/t21-,22-,23+,24-,25-,26-,27-,28-,29-,31-/m0/s1. The highest BCUT2D eigenvalue weighted by atomic mass is 16.4. The van der Waals surface area contributed by atoms with Crippen molar-refractivity contribution in [2.45, 2.75) is 161 Å². The van der Waals surface area contributed by atoms with Crippen molar-refractivity contribution >= 4 is 65.2 Å². The van der Waals surface area contributed by atoms with Crippen LogP contribution in [0, 0.1) is 17.8 Å². The Morgan fingerprint density at radius 3 is 1.31 bits per heavy atom. The topological polar surface area (TPSA) is 438 Å². The number of carboxylic acid groups (broad SMARTS) is 2. The van der Waals surface area contributed by atoms with Gasteiger partial charge in [0.05, 0.1) is 25.2 Å². The van der Waals surface area contributed by atoms with Gasteiger partial charge in [-0.15, -0.1) is 0 Å². The minimum absolute atomic E-state index is 0.0206. The van der Waals surface area contributed by atoms with Crippen LogP contribution in [0.2, 0.25) is 0 Å². The lowest BCUT2D eigenvalue weighted by Crippen LogP contribution is -2.62. The second-order valence-electron chi connectivity index (χ2n) is 17.6. The molecule has 0 aromatic carbocycles. The first-order valence-electron chi connectivity index (χ1n) is 22.0. The SMILES string of the molecule is CC(C)C[C@H](NC(=O)[C@H](C)NC(=O)[C@H](CC(C)C)NC(=O)[C@H](C)NC(=O)[C@H](CO)NC(=O)[C@H](CC(C)C)NC(=O)[C@@H](NC(=O)[C@H](CCCN=C(N)N)NC(=O)[C@@H](N)CC(=O)O)[C@@H](C)O)C(=O)O. The van der Waals surface area contributed by atoms with Crippen molar-refractivity contribution in [3.8, 4) is 0 Å². The van der Waals surface area contributed by atoms with Crippen LogP contribution in [0.5, 0.6) is 0 Å². The number of aliphatic carboxylic acids is 2. The summed E-state index contributed by atoms with van der Waals surface area (Å²) in [4.78, 5) is 132. The first kappa shape index (κ1) is 60.9. The van der Waals surface area contributed by atoms with Gasteiger partial charge in [0, 0.05) is 6.54 Å². The molecule has 0 unspecified atom stereocenters. The highest BCUT2D eigenvalue weighted by molar-refractivity contribution is 5.98. The summed E-state index contributed by atoms with van der Waals surface area (Å²) in [6, 6.07) is -12.8. The third kappa shape index (κ3) is 24.3. The van der Waals surface area contributed by atoms with Gasteiger partial charge in [-0.25, -0.2) is 4.79 Å². The number of carbonyl (C=O) groups is 10. The maximum Gasteiger partial charge on any atom is 0.326 e. The first-order valence-corrected chi connectivity index (χ1v) is 22.0. The molecule has 8 amide bonds. The third-order valence-corrected chi connectivity index (χ3v) is 9.69. The number of carbonyl (C=O) groups excluding carboxylic acids is 8. The van der Waals surface area contributed by atoms with Gasteiger partial charge in [0.1, 0.15) is 48.3 Å². The highest BCUT2D eigenvalue weighted by Crippen LogP contribution is 2.10. The summed E-state index contributed by atoms with van der Waals surface area (Å²) in [6.45, 7) is 13.3. The van der Waals surface area contributed by atoms with Gasteiger partial charge in [0.25, 0.3) is 0 Å². The lowest BCUT2D eigenvalue weighted by atomic mass is 10.0. The van der Waals surface area contributed by atoms with Gasteiger partial charge in [0.15, 0.2) is 5.96 Å². The number of nitrogens with zero attached hydrogens (tertiary/aromatic N) is 1. The maximum atomic E-state index is 13.6. The van der Waals surface area contributed by atoms with E-state index in [9.17, 15) is 63.3 Å². The van der Waals surface area contributed by atoms with Crippen LogP contribution in [-0.4, -0.2) is 159 Å². The van der Waals surface area contributed by atoms with Gasteiger partial charge in [-0.05, 0) is 70.6 Å². The van der Waals surface area contributed by atoms with E-state index in [0.29, 0.717) is 0 Å². The Bertz CT molecular complexity index is 1740. The number of hydrogen-bond donors (Lipinski definition) is 15. The zero-order chi connectivity index (χ0) is 51.9. The Morgan fingerprint density at radius 1 is 0.507 bits per heavy atom. The molecule has 0 fully saturated rings. The van der Waals surface area contributed by atoms with Crippen molar-refractivity contribution < 1.29 is 68.4 Å². The van der Waals surface area contributed by atoms with Crippen LogP contribution >= 0.6 is 0 Å². The van der Waals surface area contributed by atoms with Crippen LogP contribution in [0.1, 0.15) is 101 Å². The molecule has 26 nitrogen and oxygen atoms in total. The van der Waals surface area contributed by atoms with Crippen molar-refractivity contribution in [1.82, 2.24) is 42.5 Å². The normalized spacial score (nSPS) is 15.7.